The van der Waals surface area contributed by atoms with Crippen LogP contribution in [0.5, 0.6) is 0 Å². The Balaban J connectivity index is 1.59. The summed E-state index contributed by atoms with van der Waals surface area (Å²) < 4.78 is 9.95. The summed E-state index contributed by atoms with van der Waals surface area (Å²) in [4.78, 5) is 23.1. The smallest absolute Gasteiger partial charge is 0.338 e. The molecule has 1 aliphatic heterocycles. The van der Waals surface area contributed by atoms with E-state index in [-0.39, 0.29) is 30.6 Å². The number of aliphatic hydroxyl groups excluding tert-OH is 1. The molecule has 2 aromatic rings. The van der Waals surface area contributed by atoms with Gasteiger partial charge in [0.15, 0.2) is 0 Å². The molecule has 2 atom stereocenters. The zero-order valence-corrected chi connectivity index (χ0v) is 15.4. The van der Waals surface area contributed by atoms with Crippen molar-refractivity contribution in [2.75, 3.05) is 13.7 Å². The summed E-state index contributed by atoms with van der Waals surface area (Å²) in [5.74, 6) is -0.989. The lowest BCUT2D eigenvalue weighted by molar-refractivity contribution is -0.188. The standard InChI is InChI=1S/C22H24O5/c1-26-21(24)18-8-3-2-7-17(18)11-9-15-5-4-6-16(13-15)10-12-20-19(14-23)22(25)27-20/h2-8,13,19-20,23H,9-12,14H2,1H3/t19-,20-/m1/s1. The van der Waals surface area contributed by atoms with Gasteiger partial charge in [-0.1, -0.05) is 42.5 Å². The first-order chi connectivity index (χ1) is 13.1. The van der Waals surface area contributed by atoms with Gasteiger partial charge in [-0.05, 0) is 48.4 Å². The Bertz CT molecular complexity index is 814. The van der Waals surface area contributed by atoms with Crippen LogP contribution in [0.25, 0.3) is 0 Å². The quantitative estimate of drug-likeness (QED) is 0.726. The van der Waals surface area contributed by atoms with Crippen molar-refractivity contribution < 1.29 is 24.2 Å². The van der Waals surface area contributed by atoms with Gasteiger partial charge in [0.2, 0.25) is 0 Å². The molecule has 5 heteroatoms. The zero-order chi connectivity index (χ0) is 19.2. The van der Waals surface area contributed by atoms with Crippen LogP contribution < -0.4 is 0 Å². The van der Waals surface area contributed by atoms with E-state index in [1.807, 2.05) is 24.3 Å². The summed E-state index contributed by atoms with van der Waals surface area (Å²) in [6.45, 7) is -0.150. The third kappa shape index (κ3) is 4.55. The number of cyclic esters (lactones) is 1. The Morgan fingerprint density at radius 1 is 1.07 bits per heavy atom. The molecule has 0 spiro atoms. The van der Waals surface area contributed by atoms with Crippen LogP contribution in [-0.4, -0.2) is 36.9 Å². The Hall–Kier alpha value is -2.66. The average Bonchev–Trinajstić information content (AvgIpc) is 2.69. The van der Waals surface area contributed by atoms with E-state index in [0.717, 1.165) is 24.8 Å². The van der Waals surface area contributed by atoms with Gasteiger partial charge in [-0.2, -0.15) is 0 Å². The van der Waals surface area contributed by atoms with Gasteiger partial charge in [0, 0.05) is 0 Å². The minimum absolute atomic E-state index is 0.150. The molecule has 0 aromatic heterocycles. The van der Waals surface area contributed by atoms with E-state index < -0.39 is 0 Å². The number of aryl methyl sites for hydroxylation is 3. The lowest BCUT2D eigenvalue weighted by atomic mass is 9.91. The normalized spacial score (nSPS) is 18.5. The van der Waals surface area contributed by atoms with Gasteiger partial charge in [0.25, 0.3) is 0 Å². The maximum atomic E-state index is 11.9. The molecule has 0 amide bonds. The van der Waals surface area contributed by atoms with Gasteiger partial charge in [0.05, 0.1) is 19.3 Å². The summed E-state index contributed by atoms with van der Waals surface area (Å²) >= 11 is 0. The van der Waals surface area contributed by atoms with Gasteiger partial charge < -0.3 is 14.6 Å². The third-order valence-electron chi connectivity index (χ3n) is 5.03. The monoisotopic (exact) mass is 368 g/mol. The lowest BCUT2D eigenvalue weighted by Crippen LogP contribution is -2.47. The zero-order valence-electron chi connectivity index (χ0n) is 15.4. The highest BCUT2D eigenvalue weighted by molar-refractivity contribution is 5.91. The number of carbonyl (C=O) groups excluding carboxylic acids is 2. The van der Waals surface area contributed by atoms with Crippen molar-refractivity contribution in [2.24, 2.45) is 5.92 Å². The van der Waals surface area contributed by atoms with Gasteiger partial charge >= 0.3 is 11.9 Å². The minimum atomic E-state index is -0.372. The predicted molar refractivity (Wildman–Crippen MR) is 100 cm³/mol. The Labute approximate surface area is 158 Å². The van der Waals surface area contributed by atoms with Crippen molar-refractivity contribution in [2.45, 2.75) is 31.8 Å². The van der Waals surface area contributed by atoms with E-state index >= 15 is 0 Å². The number of rotatable bonds is 8. The van der Waals surface area contributed by atoms with Crippen LogP contribution in [0.2, 0.25) is 0 Å². The number of methoxy groups -OCH3 is 1. The minimum Gasteiger partial charge on any atom is -0.465 e. The van der Waals surface area contributed by atoms with Crippen LogP contribution in [-0.2, 0) is 33.5 Å². The highest BCUT2D eigenvalue weighted by Crippen LogP contribution is 2.26. The van der Waals surface area contributed by atoms with Crippen molar-refractivity contribution in [3.63, 3.8) is 0 Å². The maximum Gasteiger partial charge on any atom is 0.338 e. The highest BCUT2D eigenvalue weighted by atomic mass is 16.6. The van der Waals surface area contributed by atoms with Crippen molar-refractivity contribution in [1.82, 2.24) is 0 Å². The van der Waals surface area contributed by atoms with Crippen molar-refractivity contribution in [3.05, 3.63) is 70.8 Å². The van der Waals surface area contributed by atoms with E-state index in [1.54, 1.807) is 6.07 Å². The molecule has 142 valence electrons. The van der Waals surface area contributed by atoms with E-state index in [0.29, 0.717) is 12.0 Å². The molecule has 3 rings (SSSR count). The number of benzene rings is 2. The van der Waals surface area contributed by atoms with Crippen molar-refractivity contribution in [3.8, 4) is 0 Å². The molecule has 2 aromatic carbocycles. The first kappa shape index (κ1) is 19.1. The first-order valence-electron chi connectivity index (χ1n) is 9.17. The fourth-order valence-corrected chi connectivity index (χ4v) is 3.43. The van der Waals surface area contributed by atoms with Crippen molar-refractivity contribution in [1.29, 1.82) is 0 Å². The topological polar surface area (TPSA) is 72.8 Å². The molecular formula is C22H24O5. The largest absolute Gasteiger partial charge is 0.465 e. The molecule has 0 saturated carbocycles. The second kappa shape index (κ2) is 8.82. The van der Waals surface area contributed by atoms with Crippen LogP contribution >= 0.6 is 0 Å². The number of esters is 2. The van der Waals surface area contributed by atoms with Crippen molar-refractivity contribution >= 4 is 11.9 Å². The Morgan fingerprint density at radius 2 is 1.81 bits per heavy atom. The number of hydrogen-bond donors (Lipinski definition) is 1. The summed E-state index contributed by atoms with van der Waals surface area (Å²) in [6, 6.07) is 15.8. The second-order valence-electron chi connectivity index (χ2n) is 6.77. The maximum absolute atomic E-state index is 11.9. The molecule has 0 aliphatic carbocycles. The first-order valence-corrected chi connectivity index (χ1v) is 9.17. The van der Waals surface area contributed by atoms with Crippen LogP contribution in [0.1, 0.15) is 33.5 Å². The lowest BCUT2D eigenvalue weighted by Gasteiger charge is -2.33. The van der Waals surface area contributed by atoms with E-state index in [2.05, 4.69) is 18.2 Å². The number of ether oxygens (including phenoxy) is 2. The molecule has 1 aliphatic rings. The van der Waals surface area contributed by atoms with E-state index in [9.17, 15) is 14.7 Å². The highest BCUT2D eigenvalue weighted by Gasteiger charge is 2.41. The summed E-state index contributed by atoms with van der Waals surface area (Å²) in [5.41, 5.74) is 3.95. The molecule has 0 radical (unpaired) electrons. The number of aliphatic hydroxyl groups is 1. The molecule has 5 nitrogen and oxygen atoms in total. The second-order valence-corrected chi connectivity index (χ2v) is 6.77. The molecule has 1 saturated heterocycles. The molecule has 27 heavy (non-hydrogen) atoms. The van der Waals surface area contributed by atoms with Gasteiger partial charge in [-0.25, -0.2) is 4.79 Å². The van der Waals surface area contributed by atoms with Crippen LogP contribution in [0, 0.1) is 5.92 Å². The summed E-state index contributed by atoms with van der Waals surface area (Å²) in [7, 11) is 1.39. The van der Waals surface area contributed by atoms with Crippen LogP contribution in [0.4, 0.5) is 0 Å². The number of carbonyl (C=O) groups is 2. The van der Waals surface area contributed by atoms with E-state index in [4.69, 9.17) is 9.47 Å². The summed E-state index contributed by atoms with van der Waals surface area (Å²) in [5, 5.41) is 9.19. The average molecular weight is 368 g/mol. The van der Waals surface area contributed by atoms with Gasteiger partial charge in [-0.15, -0.1) is 0 Å². The molecule has 0 bridgehead atoms. The molecule has 1 N–H and O–H groups in total. The molecule has 0 unspecified atom stereocenters. The molecule has 1 fully saturated rings. The predicted octanol–water partition coefficient (Wildman–Crippen LogP) is 2.72. The fourth-order valence-electron chi connectivity index (χ4n) is 3.43. The van der Waals surface area contributed by atoms with Crippen LogP contribution in [0.15, 0.2) is 48.5 Å². The molecular weight excluding hydrogens is 344 g/mol. The van der Waals surface area contributed by atoms with E-state index in [1.165, 1.54) is 18.2 Å². The SMILES string of the molecule is COC(=O)c1ccccc1CCc1cccc(CC[C@H]2OC(=O)[C@@H]2CO)c1. The van der Waals surface area contributed by atoms with Crippen LogP contribution in [0.3, 0.4) is 0 Å². The number of hydrogen-bond acceptors (Lipinski definition) is 5. The summed E-state index contributed by atoms with van der Waals surface area (Å²) in [6.07, 6.45) is 2.89. The Morgan fingerprint density at radius 3 is 2.52 bits per heavy atom. The fraction of sp³-hybridized carbons (Fsp3) is 0.364. The Kier molecular flexibility index (Phi) is 6.24. The molecule has 1 heterocycles. The van der Waals surface area contributed by atoms with Gasteiger partial charge in [0.1, 0.15) is 12.0 Å². The van der Waals surface area contributed by atoms with Gasteiger partial charge in [-0.3, -0.25) is 4.79 Å². The third-order valence-corrected chi connectivity index (χ3v) is 5.03.